The molecule has 0 unspecified atom stereocenters. The standard InChI is InChI=1S/C9H12.3C8H11N.5C7H10N2.C6H9N3/c1-8(2)9-6-4-3-5-7-9;1-7(2)8-3-5-9-6-4-8;1-7(2)8-4-3-5-9-6-8;1-7(2)8-5-3-4-6-9-8;1-6(2)7-5-8-3-4-9-7;1-6(2)7-3-4-8-5-9-7;1-6(2)7-3-4-8-9-5-7;1-6(2)7-8-4-3-5-9-7;1-6(2)7-4-3-5-8-9-7;1-5(2)6-7-3-4-8-9-6/h3-8H,1-2H3;3*3-7H,1-2H3;5*3-6H,1-2H3;3-5H,1-2H3. The Morgan fingerprint density at radius 3 is 1.01 bits per heavy atom. The lowest BCUT2D eigenvalue weighted by Gasteiger charge is -2.01. The number of nitrogens with zero attached hydrogens (tertiary/aromatic N) is 16. The van der Waals surface area contributed by atoms with Crippen LogP contribution in [-0.4, -0.2) is 80.4 Å². The van der Waals surface area contributed by atoms with E-state index in [1.54, 1.807) is 80.7 Å². The van der Waals surface area contributed by atoms with Crippen LogP contribution in [0.25, 0.3) is 0 Å². The summed E-state index contributed by atoms with van der Waals surface area (Å²) >= 11 is 0. The summed E-state index contributed by atoms with van der Waals surface area (Å²) in [5, 5.41) is 22.6. The van der Waals surface area contributed by atoms with Crippen LogP contribution in [0.5, 0.6) is 0 Å². The third-order valence-corrected chi connectivity index (χ3v) is 12.4. The van der Waals surface area contributed by atoms with Crippen LogP contribution in [0.1, 0.15) is 254 Å². The molecule has 0 saturated heterocycles. The summed E-state index contributed by atoms with van der Waals surface area (Å²) in [6, 6.07) is 34.3. The van der Waals surface area contributed by atoms with E-state index in [9.17, 15) is 0 Å². The lowest BCUT2D eigenvalue weighted by atomic mass is 10.0. The fraction of sp³-hybridized carbons (Fsp3) is 0.405. The molecule has 0 N–H and O–H groups in total. The maximum absolute atomic E-state index is 4.18. The number of aromatic nitrogens is 16. The molecule has 0 aliphatic heterocycles. The van der Waals surface area contributed by atoms with Gasteiger partial charge >= 0.3 is 0 Å². The van der Waals surface area contributed by atoms with E-state index < -0.39 is 0 Å². The molecule has 9 heterocycles. The van der Waals surface area contributed by atoms with Crippen molar-refractivity contribution >= 4 is 0 Å². The van der Waals surface area contributed by atoms with E-state index in [4.69, 9.17) is 0 Å². The lowest BCUT2D eigenvalue weighted by Crippen LogP contribution is -1.96. The second kappa shape index (κ2) is 49.0. The van der Waals surface area contributed by atoms with Crippen LogP contribution >= 0.6 is 0 Å². The summed E-state index contributed by atoms with van der Waals surface area (Å²) in [6.45, 7) is 42.5. The number of hydrogen-bond acceptors (Lipinski definition) is 16. The fourth-order valence-corrected chi connectivity index (χ4v) is 6.67. The third kappa shape index (κ3) is 39.1. The largest absolute Gasteiger partial charge is 0.265 e. The molecule has 1 aromatic carbocycles. The van der Waals surface area contributed by atoms with Crippen LogP contribution in [-0.2, 0) is 0 Å². The van der Waals surface area contributed by atoms with E-state index in [1.165, 1.54) is 22.3 Å². The molecule has 0 saturated carbocycles. The van der Waals surface area contributed by atoms with Gasteiger partial charge in [0.25, 0.3) is 0 Å². The Balaban J connectivity index is 0.000000500. The summed E-state index contributed by atoms with van der Waals surface area (Å²) in [5.74, 6) is 6.98. The van der Waals surface area contributed by atoms with Gasteiger partial charge in [0.2, 0.25) is 0 Å². The van der Waals surface area contributed by atoms with Gasteiger partial charge in [-0.3, -0.25) is 24.9 Å². The van der Waals surface area contributed by atoms with Crippen molar-refractivity contribution in [3.8, 4) is 0 Å². The SMILES string of the molecule is CC(C)c1ccccc1.CC(C)c1ccccn1.CC(C)c1cccnc1.CC(C)c1cccnn1.CC(C)c1ccncc1.CC(C)c1ccncn1.CC(C)c1ccnnc1.CC(C)c1cnccn1.CC(C)c1ncccn1.CC(C)c1nccnn1. The Morgan fingerprint density at radius 2 is 0.678 bits per heavy atom. The summed E-state index contributed by atoms with van der Waals surface area (Å²) in [6.07, 6.45) is 29.7. The maximum Gasteiger partial charge on any atom is 0.153 e. The van der Waals surface area contributed by atoms with Crippen molar-refractivity contribution in [2.75, 3.05) is 0 Å². The van der Waals surface area contributed by atoms with Crippen molar-refractivity contribution in [1.82, 2.24) is 80.4 Å². The predicted octanol–water partition coefficient (Wildman–Crippen LogP) is 18.4. The van der Waals surface area contributed by atoms with Crippen molar-refractivity contribution in [3.63, 3.8) is 0 Å². The minimum Gasteiger partial charge on any atom is -0.265 e. The second-order valence-electron chi connectivity index (χ2n) is 23.5. The van der Waals surface area contributed by atoms with Gasteiger partial charge < -0.3 is 0 Å². The highest BCUT2D eigenvalue weighted by Crippen LogP contribution is 2.15. The zero-order chi connectivity index (χ0) is 66.9. The van der Waals surface area contributed by atoms with Crippen molar-refractivity contribution in [2.45, 2.75) is 198 Å². The smallest absolute Gasteiger partial charge is 0.153 e. The molecule has 0 fully saturated rings. The minimum absolute atomic E-state index is 0.374. The van der Waals surface area contributed by atoms with E-state index in [-0.39, 0.29) is 0 Å². The monoisotopic (exact) mass is 1220 g/mol. The fourth-order valence-electron chi connectivity index (χ4n) is 6.67. The first kappa shape index (κ1) is 79.1. The highest BCUT2D eigenvalue weighted by atomic mass is 15.1. The number of rotatable bonds is 10. The molecule has 16 heteroatoms. The zero-order valence-corrected chi connectivity index (χ0v) is 57.6. The Hall–Kier alpha value is -8.92. The molecule has 10 aromatic rings. The molecule has 9 aromatic heterocycles. The molecular weight excluding hydrogens is 1110 g/mol. The van der Waals surface area contributed by atoms with Gasteiger partial charge in [0, 0.05) is 110 Å². The van der Waals surface area contributed by atoms with Crippen LogP contribution in [0.2, 0.25) is 0 Å². The number of hydrogen-bond donors (Lipinski definition) is 0. The molecule has 10 rings (SSSR count). The van der Waals surface area contributed by atoms with Gasteiger partial charge in [-0.1, -0.05) is 181 Å². The third-order valence-electron chi connectivity index (χ3n) is 12.4. The average Bonchev–Trinajstić information content (AvgIpc) is 3.62. The van der Waals surface area contributed by atoms with E-state index in [0.29, 0.717) is 59.2 Å². The summed E-state index contributed by atoms with van der Waals surface area (Å²) in [4.78, 5) is 40.2. The molecule has 0 radical (unpaired) electrons. The average molecular weight is 1220 g/mol. The molecule has 0 amide bonds. The highest BCUT2D eigenvalue weighted by molar-refractivity contribution is 5.18. The first-order chi connectivity index (χ1) is 43.0. The van der Waals surface area contributed by atoms with Crippen LogP contribution in [0.3, 0.4) is 0 Å². The Morgan fingerprint density at radius 1 is 0.211 bits per heavy atom. The number of pyridine rings is 3. The van der Waals surface area contributed by atoms with Gasteiger partial charge in [-0.2, -0.15) is 25.5 Å². The van der Waals surface area contributed by atoms with E-state index in [0.717, 1.165) is 34.4 Å². The minimum atomic E-state index is 0.374. The summed E-state index contributed by atoms with van der Waals surface area (Å²) in [5.41, 5.74) is 9.68. The van der Waals surface area contributed by atoms with Crippen molar-refractivity contribution in [2.24, 2.45) is 0 Å². The molecule has 0 atom stereocenters. The second-order valence-corrected chi connectivity index (χ2v) is 23.5. The molecule has 90 heavy (non-hydrogen) atoms. The zero-order valence-electron chi connectivity index (χ0n) is 57.6. The van der Waals surface area contributed by atoms with Gasteiger partial charge in [-0.25, -0.2) is 24.9 Å². The Kier molecular flexibility index (Phi) is 43.1. The highest BCUT2D eigenvalue weighted by Gasteiger charge is 2.02. The quantitative estimate of drug-likeness (QED) is 0.125. The topological polar surface area (TPSA) is 206 Å². The first-order valence-electron chi connectivity index (χ1n) is 31.3. The summed E-state index contributed by atoms with van der Waals surface area (Å²) < 4.78 is 0. The van der Waals surface area contributed by atoms with Crippen LogP contribution in [0, 0.1) is 0 Å². The molecule has 0 aliphatic rings. The first-order valence-corrected chi connectivity index (χ1v) is 31.3. The molecule has 480 valence electrons. The maximum atomic E-state index is 4.18. The van der Waals surface area contributed by atoms with Gasteiger partial charge in [0.15, 0.2) is 5.82 Å². The van der Waals surface area contributed by atoms with Crippen molar-refractivity contribution < 1.29 is 0 Å². The Labute approximate surface area is 540 Å². The predicted molar refractivity (Wildman–Crippen MR) is 370 cm³/mol. The van der Waals surface area contributed by atoms with E-state index in [1.807, 2.05) is 111 Å². The van der Waals surface area contributed by atoms with Gasteiger partial charge in [-0.15, -0.1) is 5.10 Å². The van der Waals surface area contributed by atoms with Gasteiger partial charge in [0.1, 0.15) is 12.2 Å². The van der Waals surface area contributed by atoms with E-state index in [2.05, 4.69) is 235 Å². The number of benzene rings is 1. The van der Waals surface area contributed by atoms with Gasteiger partial charge in [0.05, 0.1) is 23.8 Å². The molecule has 0 spiro atoms. The Bertz CT molecular complexity index is 2410. The molecule has 0 aliphatic carbocycles. The van der Waals surface area contributed by atoms with Gasteiger partial charge in [-0.05, 0) is 130 Å². The summed E-state index contributed by atoms with van der Waals surface area (Å²) in [7, 11) is 0. The lowest BCUT2D eigenvalue weighted by molar-refractivity contribution is 0.735. The van der Waals surface area contributed by atoms with Crippen LogP contribution in [0.15, 0.2) is 209 Å². The van der Waals surface area contributed by atoms with E-state index >= 15 is 0 Å². The van der Waals surface area contributed by atoms with Crippen LogP contribution in [0.4, 0.5) is 0 Å². The molecule has 16 nitrogen and oxygen atoms in total. The normalized spacial score (nSPS) is 10.1. The molecule has 0 bridgehead atoms. The van der Waals surface area contributed by atoms with Crippen LogP contribution < -0.4 is 0 Å². The van der Waals surface area contributed by atoms with Crippen molar-refractivity contribution in [1.29, 1.82) is 0 Å². The van der Waals surface area contributed by atoms with Crippen molar-refractivity contribution in [3.05, 3.63) is 265 Å². The molecular formula is C74H104N16.